The number of hydrogen-bond acceptors (Lipinski definition) is 5. The van der Waals surface area contributed by atoms with Crippen molar-refractivity contribution in [2.75, 3.05) is 0 Å². The maximum atomic E-state index is 6.48. The maximum absolute atomic E-state index is 6.48. The van der Waals surface area contributed by atoms with Crippen molar-refractivity contribution in [2.45, 2.75) is 0 Å². The molecule has 0 N–H and O–H groups in total. The van der Waals surface area contributed by atoms with Crippen LogP contribution in [0.4, 0.5) is 0 Å². The lowest BCUT2D eigenvalue weighted by atomic mass is 9.97. The molecule has 3 heterocycles. The van der Waals surface area contributed by atoms with Gasteiger partial charge in [0.1, 0.15) is 11.2 Å². The summed E-state index contributed by atoms with van der Waals surface area (Å²) in [6.07, 6.45) is 0. The van der Waals surface area contributed by atoms with Crippen molar-refractivity contribution in [2.24, 2.45) is 0 Å². The molecule has 5 heteroatoms. The van der Waals surface area contributed by atoms with Crippen molar-refractivity contribution in [3.8, 4) is 56.4 Å². The van der Waals surface area contributed by atoms with Crippen molar-refractivity contribution in [1.29, 1.82) is 0 Å². The summed E-state index contributed by atoms with van der Waals surface area (Å²) in [5.41, 5.74) is 9.00. The Hall–Kier alpha value is -6.43. The number of rotatable bonds is 5. The molecule has 0 fully saturated rings. The molecule has 3 aromatic heterocycles. The van der Waals surface area contributed by atoms with E-state index in [2.05, 4.69) is 133 Å². The summed E-state index contributed by atoms with van der Waals surface area (Å²) < 4.78 is 8.89. The first-order valence-corrected chi connectivity index (χ1v) is 17.4. The van der Waals surface area contributed by atoms with Gasteiger partial charge in [-0.2, -0.15) is 0 Å². The van der Waals surface area contributed by atoms with Gasteiger partial charge in [0.25, 0.3) is 0 Å². The second-order valence-electron chi connectivity index (χ2n) is 12.4. The normalized spacial score (nSPS) is 11.6. The van der Waals surface area contributed by atoms with E-state index in [0.29, 0.717) is 17.5 Å². The fraction of sp³-hybridized carbons (Fsp3) is 0. The van der Waals surface area contributed by atoms with Crippen LogP contribution in [0.2, 0.25) is 0 Å². The summed E-state index contributed by atoms with van der Waals surface area (Å²) in [6.45, 7) is 0. The van der Waals surface area contributed by atoms with Gasteiger partial charge in [-0.15, -0.1) is 11.3 Å². The van der Waals surface area contributed by atoms with E-state index in [1.807, 2.05) is 30.3 Å². The molecule has 0 saturated carbocycles. The molecule has 0 bridgehead atoms. The van der Waals surface area contributed by atoms with Crippen molar-refractivity contribution in [1.82, 2.24) is 15.0 Å². The van der Waals surface area contributed by atoms with E-state index in [9.17, 15) is 0 Å². The average molecular weight is 658 g/mol. The lowest BCUT2D eigenvalue weighted by Crippen LogP contribution is -2.00. The fourth-order valence-corrected chi connectivity index (χ4v) is 8.18. The molecule has 0 aliphatic carbocycles. The predicted octanol–water partition coefficient (Wildman–Crippen LogP) is 12.5. The zero-order valence-electron chi connectivity index (χ0n) is 26.7. The quantitative estimate of drug-likeness (QED) is 0.185. The highest BCUT2D eigenvalue weighted by Crippen LogP contribution is 2.44. The van der Waals surface area contributed by atoms with Crippen LogP contribution in [-0.2, 0) is 0 Å². The van der Waals surface area contributed by atoms with Crippen LogP contribution in [0.3, 0.4) is 0 Å². The Bertz CT molecular complexity index is 2860. The zero-order chi connectivity index (χ0) is 33.0. The van der Waals surface area contributed by atoms with Gasteiger partial charge in [-0.3, -0.25) is 0 Å². The Labute approximate surface area is 292 Å². The third-order valence-corrected chi connectivity index (χ3v) is 10.5. The molecule has 10 aromatic rings. The molecule has 10 rings (SSSR count). The topological polar surface area (TPSA) is 51.8 Å². The number of aromatic nitrogens is 3. The maximum Gasteiger partial charge on any atom is 0.167 e. The van der Waals surface area contributed by atoms with Gasteiger partial charge < -0.3 is 4.42 Å². The molecule has 0 aliphatic rings. The standard InChI is InChI=1S/C45H27N3OS/c1-3-12-28(13-4-1)29-24-26-31(27-25-29)43-46-44(48-45(47-43)36-20-9-18-34-33-16-7-8-21-37(33)49-42(34)36)35-19-11-23-39-41(35)40-32(17-10-22-38(40)50-39)30-14-5-2-6-15-30/h1-27H. The lowest BCUT2D eigenvalue weighted by Gasteiger charge is -2.11. The van der Waals surface area contributed by atoms with Crippen LogP contribution in [-0.4, -0.2) is 15.0 Å². The molecule has 0 atom stereocenters. The monoisotopic (exact) mass is 657 g/mol. The largest absolute Gasteiger partial charge is 0.455 e. The first-order chi connectivity index (χ1) is 24.8. The molecular weight excluding hydrogens is 631 g/mol. The zero-order valence-corrected chi connectivity index (χ0v) is 27.6. The second-order valence-corrected chi connectivity index (χ2v) is 13.4. The number of thiophene rings is 1. The number of hydrogen-bond donors (Lipinski definition) is 0. The van der Waals surface area contributed by atoms with Crippen molar-refractivity contribution < 1.29 is 4.42 Å². The summed E-state index contributed by atoms with van der Waals surface area (Å²) in [5.74, 6) is 1.80. The Balaban J connectivity index is 1.23. The van der Waals surface area contributed by atoms with Crippen LogP contribution >= 0.6 is 11.3 Å². The van der Waals surface area contributed by atoms with Gasteiger partial charge >= 0.3 is 0 Å². The minimum absolute atomic E-state index is 0.571. The average Bonchev–Trinajstić information content (AvgIpc) is 3.77. The Morgan fingerprint density at radius 1 is 0.360 bits per heavy atom. The van der Waals surface area contributed by atoms with E-state index in [4.69, 9.17) is 19.4 Å². The van der Waals surface area contributed by atoms with Gasteiger partial charge in [-0.1, -0.05) is 140 Å². The van der Waals surface area contributed by atoms with Gasteiger partial charge in [0, 0.05) is 42.1 Å². The summed E-state index contributed by atoms with van der Waals surface area (Å²) in [4.78, 5) is 15.6. The number of furan rings is 1. The number of benzene rings is 7. The van der Waals surface area contributed by atoms with Gasteiger partial charge in [0.15, 0.2) is 17.5 Å². The molecular formula is C45H27N3OS. The first kappa shape index (κ1) is 28.6. The minimum atomic E-state index is 0.571. The smallest absolute Gasteiger partial charge is 0.167 e. The predicted molar refractivity (Wildman–Crippen MR) is 207 cm³/mol. The van der Waals surface area contributed by atoms with Crippen LogP contribution in [0.15, 0.2) is 168 Å². The van der Waals surface area contributed by atoms with Crippen molar-refractivity contribution in [3.05, 3.63) is 164 Å². The molecule has 7 aromatic carbocycles. The minimum Gasteiger partial charge on any atom is -0.455 e. The molecule has 234 valence electrons. The van der Waals surface area contributed by atoms with Crippen molar-refractivity contribution in [3.63, 3.8) is 0 Å². The van der Waals surface area contributed by atoms with E-state index in [1.54, 1.807) is 11.3 Å². The molecule has 4 nitrogen and oxygen atoms in total. The molecule has 50 heavy (non-hydrogen) atoms. The van der Waals surface area contributed by atoms with Crippen LogP contribution in [0.5, 0.6) is 0 Å². The molecule has 0 radical (unpaired) electrons. The molecule has 0 spiro atoms. The fourth-order valence-electron chi connectivity index (χ4n) is 7.02. The summed E-state index contributed by atoms with van der Waals surface area (Å²) in [7, 11) is 0. The first-order valence-electron chi connectivity index (χ1n) is 16.6. The Morgan fingerprint density at radius 3 is 1.64 bits per heavy atom. The van der Waals surface area contributed by atoms with E-state index in [1.165, 1.54) is 25.9 Å². The van der Waals surface area contributed by atoms with Gasteiger partial charge in [0.05, 0.1) is 5.56 Å². The van der Waals surface area contributed by atoms with E-state index in [-0.39, 0.29) is 0 Å². The van der Waals surface area contributed by atoms with E-state index < -0.39 is 0 Å². The van der Waals surface area contributed by atoms with Gasteiger partial charge in [-0.05, 0) is 46.5 Å². The van der Waals surface area contributed by atoms with E-state index >= 15 is 0 Å². The van der Waals surface area contributed by atoms with Gasteiger partial charge in [-0.25, -0.2) is 15.0 Å². The highest BCUT2D eigenvalue weighted by Gasteiger charge is 2.21. The van der Waals surface area contributed by atoms with Gasteiger partial charge in [0.2, 0.25) is 0 Å². The lowest BCUT2D eigenvalue weighted by molar-refractivity contribution is 0.669. The number of fused-ring (bicyclic) bond motifs is 6. The third kappa shape index (κ3) is 4.71. The second kappa shape index (κ2) is 11.6. The third-order valence-electron chi connectivity index (χ3n) is 9.38. The summed E-state index contributed by atoms with van der Waals surface area (Å²) >= 11 is 1.80. The van der Waals surface area contributed by atoms with Crippen LogP contribution in [0.1, 0.15) is 0 Å². The van der Waals surface area contributed by atoms with Crippen molar-refractivity contribution >= 4 is 53.4 Å². The molecule has 0 saturated heterocycles. The van der Waals surface area contributed by atoms with Crippen LogP contribution < -0.4 is 0 Å². The number of nitrogens with zero attached hydrogens (tertiary/aromatic N) is 3. The van der Waals surface area contributed by atoms with Crippen LogP contribution in [0, 0.1) is 0 Å². The summed E-state index contributed by atoms with van der Waals surface area (Å²) in [6, 6.07) is 56.8. The highest BCUT2D eigenvalue weighted by atomic mass is 32.1. The highest BCUT2D eigenvalue weighted by molar-refractivity contribution is 7.26. The Kier molecular flexibility index (Phi) is 6.64. The van der Waals surface area contributed by atoms with E-state index in [0.717, 1.165) is 55.1 Å². The summed E-state index contributed by atoms with van der Waals surface area (Å²) in [5, 5.41) is 4.46. The molecule has 0 aliphatic heterocycles. The molecule has 0 amide bonds. The number of para-hydroxylation sites is 2. The molecule has 0 unspecified atom stereocenters. The van der Waals surface area contributed by atoms with Crippen LogP contribution in [0.25, 0.3) is 98.5 Å². The SMILES string of the molecule is c1ccc(-c2ccc(-c3nc(-c4cccc5c4oc4ccccc45)nc(-c4cccc5sc6cccc(-c7ccccc7)c6c45)n3)cc2)cc1. The Morgan fingerprint density at radius 2 is 0.880 bits per heavy atom.